The normalized spacial score (nSPS) is 13.6. The van der Waals surface area contributed by atoms with E-state index in [1.54, 1.807) is 24.1 Å². The quantitative estimate of drug-likeness (QED) is 0.815. The highest BCUT2D eigenvalue weighted by atomic mass is 16.5. The van der Waals surface area contributed by atoms with Crippen LogP contribution < -0.4 is 19.7 Å². The molecule has 2 aromatic carbocycles. The lowest BCUT2D eigenvalue weighted by atomic mass is 10.3. The number of carbonyl (C=O) groups is 2. The Morgan fingerprint density at radius 3 is 2.56 bits per heavy atom. The van der Waals surface area contributed by atoms with E-state index in [0.29, 0.717) is 31.1 Å². The maximum atomic E-state index is 12.6. The Hall–Kier alpha value is -3.22. The molecule has 0 spiro atoms. The van der Waals surface area contributed by atoms with Gasteiger partial charge in [0.1, 0.15) is 18.0 Å². The monoisotopic (exact) mass is 369 g/mol. The Morgan fingerprint density at radius 1 is 1.11 bits per heavy atom. The fourth-order valence-corrected chi connectivity index (χ4v) is 2.95. The standard InChI is InChI=1S/C20H23N3O4/c1-3-27-18-7-5-4-6-17(18)21-19(24)14-22-12-13-23(20(22)25)15-8-10-16(26-2)11-9-15/h4-11H,3,12-14H2,1-2H3,(H,21,24). The van der Waals surface area contributed by atoms with Crippen molar-refractivity contribution in [1.29, 1.82) is 0 Å². The van der Waals surface area contributed by atoms with Crippen LogP contribution in [0.15, 0.2) is 48.5 Å². The summed E-state index contributed by atoms with van der Waals surface area (Å²) in [6, 6.07) is 14.3. The Balaban J connectivity index is 1.61. The van der Waals surface area contributed by atoms with Gasteiger partial charge in [0.15, 0.2) is 0 Å². The second-order valence-corrected chi connectivity index (χ2v) is 6.03. The number of hydrogen-bond acceptors (Lipinski definition) is 4. The molecule has 0 aliphatic carbocycles. The zero-order chi connectivity index (χ0) is 19.2. The number of methoxy groups -OCH3 is 1. The van der Waals surface area contributed by atoms with E-state index >= 15 is 0 Å². The van der Waals surface area contributed by atoms with E-state index in [4.69, 9.17) is 9.47 Å². The zero-order valence-corrected chi connectivity index (χ0v) is 15.5. The molecule has 1 aliphatic rings. The lowest BCUT2D eigenvalue weighted by molar-refractivity contribution is -0.116. The van der Waals surface area contributed by atoms with Crippen LogP contribution in [0.5, 0.6) is 11.5 Å². The molecule has 0 unspecified atom stereocenters. The summed E-state index contributed by atoms with van der Waals surface area (Å²) in [6.45, 7) is 3.41. The van der Waals surface area contributed by atoms with Crippen LogP contribution in [-0.2, 0) is 4.79 Å². The molecule has 0 saturated carbocycles. The Kier molecular flexibility index (Phi) is 5.80. The number of carbonyl (C=O) groups excluding carboxylic acids is 2. The third-order valence-corrected chi connectivity index (χ3v) is 4.27. The summed E-state index contributed by atoms with van der Waals surface area (Å²) in [7, 11) is 1.60. The second kappa shape index (κ2) is 8.44. The molecule has 142 valence electrons. The van der Waals surface area contributed by atoms with Gasteiger partial charge in [0.2, 0.25) is 5.91 Å². The van der Waals surface area contributed by atoms with Gasteiger partial charge in [-0.1, -0.05) is 12.1 Å². The summed E-state index contributed by atoms with van der Waals surface area (Å²) in [5, 5.41) is 2.82. The molecule has 1 saturated heterocycles. The second-order valence-electron chi connectivity index (χ2n) is 6.03. The van der Waals surface area contributed by atoms with Crippen molar-refractivity contribution in [3.8, 4) is 11.5 Å². The molecule has 1 heterocycles. The highest BCUT2D eigenvalue weighted by molar-refractivity contribution is 5.99. The number of ether oxygens (including phenoxy) is 2. The molecule has 0 aromatic heterocycles. The van der Waals surface area contributed by atoms with E-state index in [1.165, 1.54) is 4.90 Å². The number of rotatable bonds is 7. The summed E-state index contributed by atoms with van der Waals surface area (Å²) in [5.41, 5.74) is 1.38. The van der Waals surface area contributed by atoms with Crippen molar-refractivity contribution in [2.75, 3.05) is 43.6 Å². The molecule has 0 radical (unpaired) electrons. The molecule has 3 rings (SSSR count). The lowest BCUT2D eigenvalue weighted by Crippen LogP contribution is -2.37. The first-order valence-electron chi connectivity index (χ1n) is 8.84. The van der Waals surface area contributed by atoms with Crippen molar-refractivity contribution in [3.05, 3.63) is 48.5 Å². The minimum absolute atomic E-state index is 0.00799. The smallest absolute Gasteiger partial charge is 0.325 e. The summed E-state index contributed by atoms with van der Waals surface area (Å²) in [4.78, 5) is 28.2. The van der Waals surface area contributed by atoms with Crippen molar-refractivity contribution < 1.29 is 19.1 Å². The van der Waals surface area contributed by atoms with Gasteiger partial charge < -0.3 is 19.7 Å². The first kappa shape index (κ1) is 18.6. The average Bonchev–Trinajstić information content (AvgIpc) is 3.04. The third kappa shape index (κ3) is 4.31. The van der Waals surface area contributed by atoms with E-state index in [2.05, 4.69) is 5.32 Å². The van der Waals surface area contributed by atoms with Gasteiger partial charge in [-0.25, -0.2) is 4.79 Å². The SMILES string of the molecule is CCOc1ccccc1NC(=O)CN1CCN(c2ccc(OC)cc2)C1=O. The van der Waals surface area contributed by atoms with Crippen molar-refractivity contribution in [1.82, 2.24) is 4.90 Å². The maximum Gasteiger partial charge on any atom is 0.325 e. The molecule has 1 fully saturated rings. The summed E-state index contributed by atoms with van der Waals surface area (Å²) in [6.07, 6.45) is 0. The van der Waals surface area contributed by atoms with E-state index in [9.17, 15) is 9.59 Å². The Bertz CT molecular complexity index is 807. The van der Waals surface area contributed by atoms with Crippen LogP contribution in [0.1, 0.15) is 6.92 Å². The molecular weight excluding hydrogens is 346 g/mol. The molecule has 7 heteroatoms. The molecule has 1 aliphatic heterocycles. The molecule has 3 amide bonds. The fraction of sp³-hybridized carbons (Fsp3) is 0.300. The van der Waals surface area contributed by atoms with Gasteiger partial charge in [-0.15, -0.1) is 0 Å². The predicted molar refractivity (Wildman–Crippen MR) is 104 cm³/mol. The van der Waals surface area contributed by atoms with Crippen molar-refractivity contribution in [2.45, 2.75) is 6.92 Å². The van der Waals surface area contributed by atoms with Crippen LogP contribution in [-0.4, -0.2) is 50.2 Å². The van der Waals surface area contributed by atoms with Crippen LogP contribution in [0.25, 0.3) is 0 Å². The number of anilines is 2. The first-order chi connectivity index (χ1) is 13.1. The molecule has 7 nitrogen and oxygen atoms in total. The number of para-hydroxylation sites is 2. The maximum absolute atomic E-state index is 12.6. The molecular formula is C20H23N3O4. The molecule has 1 N–H and O–H groups in total. The van der Waals surface area contributed by atoms with Gasteiger partial charge in [-0.2, -0.15) is 0 Å². The van der Waals surface area contributed by atoms with Gasteiger partial charge in [0, 0.05) is 18.8 Å². The molecule has 2 aromatic rings. The number of urea groups is 1. The highest BCUT2D eigenvalue weighted by Gasteiger charge is 2.30. The van der Waals surface area contributed by atoms with Crippen molar-refractivity contribution in [2.24, 2.45) is 0 Å². The average molecular weight is 369 g/mol. The van der Waals surface area contributed by atoms with Gasteiger partial charge in [0.05, 0.1) is 19.4 Å². The van der Waals surface area contributed by atoms with Crippen LogP contribution >= 0.6 is 0 Å². The van der Waals surface area contributed by atoms with Crippen molar-refractivity contribution >= 4 is 23.3 Å². The predicted octanol–water partition coefficient (Wildman–Crippen LogP) is 2.97. The minimum atomic E-state index is -0.257. The highest BCUT2D eigenvalue weighted by Crippen LogP contribution is 2.25. The largest absolute Gasteiger partial charge is 0.497 e. The Morgan fingerprint density at radius 2 is 1.85 bits per heavy atom. The molecule has 27 heavy (non-hydrogen) atoms. The summed E-state index contributed by atoms with van der Waals surface area (Å²) >= 11 is 0. The number of hydrogen-bond donors (Lipinski definition) is 1. The van der Waals surface area contributed by atoms with Crippen LogP contribution in [0.4, 0.5) is 16.2 Å². The zero-order valence-electron chi connectivity index (χ0n) is 15.5. The van der Waals surface area contributed by atoms with Crippen LogP contribution in [0.2, 0.25) is 0 Å². The minimum Gasteiger partial charge on any atom is -0.497 e. The first-order valence-corrected chi connectivity index (χ1v) is 8.84. The molecule has 0 atom stereocenters. The summed E-state index contributed by atoms with van der Waals surface area (Å²) in [5.74, 6) is 1.09. The van der Waals surface area contributed by atoms with Crippen LogP contribution in [0.3, 0.4) is 0 Å². The lowest BCUT2D eigenvalue weighted by Gasteiger charge is -2.19. The number of benzene rings is 2. The topological polar surface area (TPSA) is 71.1 Å². The number of amides is 3. The number of nitrogens with zero attached hydrogens (tertiary/aromatic N) is 2. The molecule has 0 bridgehead atoms. The summed E-state index contributed by atoms with van der Waals surface area (Å²) < 4.78 is 10.6. The van der Waals surface area contributed by atoms with Crippen LogP contribution in [0, 0.1) is 0 Å². The van der Waals surface area contributed by atoms with E-state index in [1.807, 2.05) is 43.3 Å². The van der Waals surface area contributed by atoms with E-state index < -0.39 is 0 Å². The third-order valence-electron chi connectivity index (χ3n) is 4.27. The van der Waals surface area contributed by atoms with Gasteiger partial charge in [-0.3, -0.25) is 9.69 Å². The Labute approximate surface area is 158 Å². The van der Waals surface area contributed by atoms with Gasteiger partial charge >= 0.3 is 6.03 Å². The van der Waals surface area contributed by atoms with Crippen molar-refractivity contribution in [3.63, 3.8) is 0 Å². The van der Waals surface area contributed by atoms with E-state index in [-0.39, 0.29) is 18.5 Å². The fourth-order valence-electron chi connectivity index (χ4n) is 2.95. The van der Waals surface area contributed by atoms with E-state index in [0.717, 1.165) is 11.4 Å². The number of nitrogens with one attached hydrogen (secondary N) is 1. The van der Waals surface area contributed by atoms with Gasteiger partial charge in [0.25, 0.3) is 0 Å². The van der Waals surface area contributed by atoms with Gasteiger partial charge in [-0.05, 0) is 43.3 Å².